The molecule has 1 saturated carbocycles. The summed E-state index contributed by atoms with van der Waals surface area (Å²) in [6.45, 7) is 1.89. The van der Waals surface area contributed by atoms with Crippen molar-refractivity contribution in [2.75, 3.05) is 5.43 Å². The number of aromatic amines is 1. The number of H-pyrrole nitrogens is 1. The molecule has 5 nitrogen and oxygen atoms in total. The average molecular weight is 256 g/mol. The van der Waals surface area contributed by atoms with Crippen molar-refractivity contribution in [1.82, 2.24) is 9.97 Å². The number of rotatable bonds is 3. The van der Waals surface area contributed by atoms with Gasteiger partial charge in [0.1, 0.15) is 5.78 Å². The van der Waals surface area contributed by atoms with Gasteiger partial charge >= 0.3 is 0 Å². The normalized spacial score (nSPS) is 20.2. The van der Waals surface area contributed by atoms with E-state index in [0.29, 0.717) is 18.2 Å². The van der Waals surface area contributed by atoms with Gasteiger partial charge in [-0.2, -0.15) is 5.10 Å². The zero-order valence-electron chi connectivity index (χ0n) is 10.8. The highest BCUT2D eigenvalue weighted by Gasteiger charge is 2.26. The van der Waals surface area contributed by atoms with Gasteiger partial charge in [0, 0.05) is 12.1 Å². The van der Waals surface area contributed by atoms with E-state index in [0.717, 1.165) is 29.6 Å². The molecule has 1 aromatic carbocycles. The van der Waals surface area contributed by atoms with E-state index in [1.807, 2.05) is 31.2 Å². The molecular weight excluding hydrogens is 240 g/mol. The van der Waals surface area contributed by atoms with Crippen LogP contribution in [0.3, 0.4) is 0 Å². The van der Waals surface area contributed by atoms with Crippen LogP contribution >= 0.6 is 0 Å². The topological polar surface area (TPSA) is 70.1 Å². The lowest BCUT2D eigenvalue weighted by molar-refractivity contribution is -0.118. The zero-order valence-corrected chi connectivity index (χ0v) is 10.8. The summed E-state index contributed by atoms with van der Waals surface area (Å²) in [4.78, 5) is 19.1. The Bertz CT molecular complexity index is 611. The van der Waals surface area contributed by atoms with Crippen LogP contribution in [-0.2, 0) is 4.79 Å². The molecule has 2 N–H and O–H groups in total. The molecule has 0 aliphatic heterocycles. The number of hydrogen-bond acceptors (Lipinski definition) is 4. The van der Waals surface area contributed by atoms with E-state index in [2.05, 4.69) is 20.5 Å². The van der Waals surface area contributed by atoms with E-state index in [4.69, 9.17) is 0 Å². The molecule has 5 heteroatoms. The van der Waals surface area contributed by atoms with E-state index in [1.54, 1.807) is 0 Å². The van der Waals surface area contributed by atoms with E-state index < -0.39 is 0 Å². The van der Waals surface area contributed by atoms with Gasteiger partial charge < -0.3 is 4.98 Å². The van der Waals surface area contributed by atoms with Gasteiger partial charge in [-0.3, -0.25) is 4.79 Å². The maximum absolute atomic E-state index is 11.6. The molecule has 2 aromatic rings. The molecule has 0 spiro atoms. The number of carbonyl (C=O) groups is 1. The number of fused-ring (bicyclic) bond motifs is 1. The summed E-state index contributed by atoms with van der Waals surface area (Å²) in [6.07, 6.45) is 2.57. The predicted octanol–water partition coefficient (Wildman–Crippen LogP) is 2.72. The summed E-state index contributed by atoms with van der Waals surface area (Å²) >= 11 is 0. The third-order valence-electron chi connectivity index (χ3n) is 3.54. The largest absolute Gasteiger partial charge is 0.323 e. The minimum absolute atomic E-state index is 0.0168. The summed E-state index contributed by atoms with van der Waals surface area (Å²) in [7, 11) is 0. The SMILES string of the molecule is C/C(=N/Nc1nc2ccccc2[nH]1)[C@H]1CCCC1=O. The van der Waals surface area contributed by atoms with Crippen molar-refractivity contribution in [3.05, 3.63) is 24.3 Å². The van der Waals surface area contributed by atoms with Crippen molar-refractivity contribution in [3.8, 4) is 0 Å². The second-order valence-electron chi connectivity index (χ2n) is 4.88. The number of anilines is 1. The first-order valence-corrected chi connectivity index (χ1v) is 6.52. The van der Waals surface area contributed by atoms with Gasteiger partial charge in [-0.1, -0.05) is 12.1 Å². The van der Waals surface area contributed by atoms with Crippen molar-refractivity contribution in [1.29, 1.82) is 0 Å². The van der Waals surface area contributed by atoms with Gasteiger partial charge in [-0.15, -0.1) is 0 Å². The van der Waals surface area contributed by atoms with Crippen molar-refractivity contribution in [3.63, 3.8) is 0 Å². The summed E-state index contributed by atoms with van der Waals surface area (Å²) in [6, 6.07) is 7.80. The van der Waals surface area contributed by atoms with Crippen LogP contribution < -0.4 is 5.43 Å². The summed E-state index contributed by atoms with van der Waals surface area (Å²) < 4.78 is 0. The molecule has 1 aliphatic carbocycles. The molecule has 0 saturated heterocycles. The van der Waals surface area contributed by atoms with Crippen LogP contribution in [0.5, 0.6) is 0 Å². The first kappa shape index (κ1) is 11.9. The Hall–Kier alpha value is -2.17. The van der Waals surface area contributed by atoms with Crippen molar-refractivity contribution in [2.45, 2.75) is 26.2 Å². The highest BCUT2D eigenvalue weighted by atomic mass is 16.1. The van der Waals surface area contributed by atoms with Crippen LogP contribution in [0.15, 0.2) is 29.4 Å². The number of Topliss-reactive ketones (excluding diaryl/α,β-unsaturated/α-hetero) is 1. The molecule has 98 valence electrons. The average Bonchev–Trinajstić information content (AvgIpc) is 3.01. The fourth-order valence-electron chi connectivity index (χ4n) is 2.48. The Morgan fingerprint density at radius 2 is 2.32 bits per heavy atom. The highest BCUT2D eigenvalue weighted by Crippen LogP contribution is 2.22. The molecule has 19 heavy (non-hydrogen) atoms. The smallest absolute Gasteiger partial charge is 0.222 e. The number of para-hydroxylation sites is 2. The Morgan fingerprint density at radius 3 is 3.05 bits per heavy atom. The number of ketones is 1. The van der Waals surface area contributed by atoms with Crippen LogP contribution in [0.2, 0.25) is 0 Å². The highest BCUT2D eigenvalue weighted by molar-refractivity contribution is 6.05. The molecule has 1 fully saturated rings. The van der Waals surface area contributed by atoms with Gasteiger partial charge in [-0.05, 0) is 31.9 Å². The van der Waals surface area contributed by atoms with Crippen molar-refractivity contribution >= 4 is 28.5 Å². The van der Waals surface area contributed by atoms with E-state index >= 15 is 0 Å². The Balaban J connectivity index is 1.76. The van der Waals surface area contributed by atoms with Gasteiger partial charge in [0.25, 0.3) is 0 Å². The molecule has 3 rings (SSSR count). The Labute approximate surface area is 111 Å². The lowest BCUT2D eigenvalue weighted by Crippen LogP contribution is -2.17. The maximum atomic E-state index is 11.6. The van der Waals surface area contributed by atoms with Gasteiger partial charge in [-0.25, -0.2) is 10.4 Å². The molecule has 0 radical (unpaired) electrons. The molecule has 0 unspecified atom stereocenters. The Kier molecular flexibility index (Phi) is 3.03. The minimum atomic E-state index is -0.0168. The number of carbonyl (C=O) groups excluding carboxylic acids is 1. The molecule has 1 aromatic heterocycles. The van der Waals surface area contributed by atoms with Crippen molar-refractivity contribution < 1.29 is 4.79 Å². The standard InChI is InChI=1S/C14H16N4O/c1-9(10-5-4-8-13(10)19)17-18-14-15-11-6-2-3-7-12(11)16-14/h2-3,6-7,10H,4-5,8H2,1H3,(H2,15,16,18)/b17-9-/t10-/m1/s1. The second kappa shape index (κ2) is 4.84. The minimum Gasteiger partial charge on any atom is -0.323 e. The fraction of sp³-hybridized carbons (Fsp3) is 0.357. The lowest BCUT2D eigenvalue weighted by atomic mass is 10.0. The molecule has 0 bridgehead atoms. The van der Waals surface area contributed by atoms with Crippen molar-refractivity contribution in [2.24, 2.45) is 11.0 Å². The number of aromatic nitrogens is 2. The first-order chi connectivity index (χ1) is 9.24. The summed E-state index contributed by atoms with van der Waals surface area (Å²) in [5.74, 6) is 0.885. The quantitative estimate of drug-likeness (QED) is 0.655. The van der Waals surface area contributed by atoms with Gasteiger partial charge in [0.2, 0.25) is 5.95 Å². The van der Waals surface area contributed by atoms with Crippen LogP contribution in [0.25, 0.3) is 11.0 Å². The number of hydrazone groups is 1. The third kappa shape index (κ3) is 2.36. The second-order valence-corrected chi connectivity index (χ2v) is 4.88. The maximum Gasteiger partial charge on any atom is 0.222 e. The van der Waals surface area contributed by atoms with E-state index in [1.165, 1.54) is 0 Å². The first-order valence-electron chi connectivity index (χ1n) is 6.52. The summed E-state index contributed by atoms with van der Waals surface area (Å²) in [5.41, 5.74) is 5.60. The predicted molar refractivity (Wildman–Crippen MR) is 75.2 cm³/mol. The van der Waals surface area contributed by atoms with Crippen LogP contribution in [0.1, 0.15) is 26.2 Å². The zero-order chi connectivity index (χ0) is 13.2. The van der Waals surface area contributed by atoms with Gasteiger partial charge in [0.15, 0.2) is 0 Å². The number of imidazole rings is 1. The lowest BCUT2D eigenvalue weighted by Gasteiger charge is -2.06. The molecule has 1 aliphatic rings. The van der Waals surface area contributed by atoms with Crippen LogP contribution in [-0.4, -0.2) is 21.5 Å². The van der Waals surface area contributed by atoms with E-state index in [-0.39, 0.29) is 5.92 Å². The van der Waals surface area contributed by atoms with E-state index in [9.17, 15) is 4.79 Å². The summed E-state index contributed by atoms with van der Waals surface area (Å²) in [5, 5.41) is 4.27. The van der Waals surface area contributed by atoms with Gasteiger partial charge in [0.05, 0.1) is 17.0 Å². The molecular formula is C14H16N4O. The number of hydrogen-bond donors (Lipinski definition) is 2. The molecule has 1 atom stereocenters. The number of nitrogens with one attached hydrogen (secondary N) is 2. The number of benzene rings is 1. The van der Waals surface area contributed by atoms with Crippen LogP contribution in [0.4, 0.5) is 5.95 Å². The number of nitrogens with zero attached hydrogens (tertiary/aromatic N) is 2. The Morgan fingerprint density at radius 1 is 1.47 bits per heavy atom. The molecule has 1 heterocycles. The van der Waals surface area contributed by atoms with Crippen LogP contribution in [0, 0.1) is 5.92 Å². The monoisotopic (exact) mass is 256 g/mol. The molecule has 0 amide bonds. The fourth-order valence-corrected chi connectivity index (χ4v) is 2.48. The third-order valence-corrected chi connectivity index (χ3v) is 3.54.